The second-order valence-electron chi connectivity index (χ2n) is 5.72. The number of hydrogen-bond acceptors (Lipinski definition) is 2. The third-order valence-corrected chi connectivity index (χ3v) is 5.25. The van der Waals surface area contributed by atoms with Crippen LogP contribution in [0, 0.1) is 0 Å². The van der Waals surface area contributed by atoms with Crippen LogP contribution in [0.4, 0.5) is 5.82 Å². The number of rotatable bonds is 2. The molecule has 112 valence electrons. The number of aromatic nitrogens is 2. The second-order valence-corrected chi connectivity index (χ2v) is 7.01. The van der Waals surface area contributed by atoms with E-state index in [9.17, 15) is 0 Å². The van der Waals surface area contributed by atoms with E-state index in [1.54, 1.807) is 0 Å². The molecule has 0 spiro atoms. The number of benzene rings is 1. The van der Waals surface area contributed by atoms with Crippen molar-refractivity contribution in [2.45, 2.75) is 38.0 Å². The molecule has 0 bridgehead atoms. The largest absolute Gasteiger partial charge is 0.383 e. The SMILES string of the molecule is Cn1c(C2CCCCC2)nc(-c2cc(Cl)ccc2Br)c1N. The zero-order valence-corrected chi connectivity index (χ0v) is 14.4. The van der Waals surface area contributed by atoms with Crippen LogP contribution in [0.5, 0.6) is 0 Å². The highest BCUT2D eigenvalue weighted by Gasteiger charge is 2.24. The molecule has 0 saturated heterocycles. The van der Waals surface area contributed by atoms with Gasteiger partial charge in [0.15, 0.2) is 0 Å². The zero-order chi connectivity index (χ0) is 15.0. The Morgan fingerprint density at radius 2 is 2.00 bits per heavy atom. The van der Waals surface area contributed by atoms with Crippen molar-refractivity contribution in [3.63, 3.8) is 0 Å². The van der Waals surface area contributed by atoms with Crippen LogP contribution in [0.3, 0.4) is 0 Å². The first kappa shape index (κ1) is 14.9. The van der Waals surface area contributed by atoms with Crippen molar-refractivity contribution in [1.29, 1.82) is 0 Å². The molecule has 0 aliphatic heterocycles. The summed E-state index contributed by atoms with van der Waals surface area (Å²) < 4.78 is 3.01. The number of hydrogen-bond donors (Lipinski definition) is 1. The van der Waals surface area contributed by atoms with Gasteiger partial charge in [-0.3, -0.25) is 0 Å². The first-order valence-electron chi connectivity index (χ1n) is 7.35. The van der Waals surface area contributed by atoms with E-state index in [4.69, 9.17) is 22.3 Å². The van der Waals surface area contributed by atoms with Gasteiger partial charge in [0, 0.05) is 28.0 Å². The molecular formula is C16H19BrClN3. The van der Waals surface area contributed by atoms with Crippen LogP contribution in [0.15, 0.2) is 22.7 Å². The average Bonchev–Trinajstić information content (AvgIpc) is 2.79. The van der Waals surface area contributed by atoms with Crippen LogP contribution in [-0.4, -0.2) is 9.55 Å². The smallest absolute Gasteiger partial charge is 0.131 e. The van der Waals surface area contributed by atoms with Crippen molar-refractivity contribution in [3.05, 3.63) is 33.5 Å². The Hall–Kier alpha value is -1.00. The third kappa shape index (κ3) is 2.84. The molecule has 3 rings (SSSR count). The fourth-order valence-corrected chi connectivity index (χ4v) is 3.74. The third-order valence-electron chi connectivity index (χ3n) is 4.33. The predicted molar refractivity (Wildman–Crippen MR) is 91.6 cm³/mol. The van der Waals surface area contributed by atoms with Gasteiger partial charge in [0.2, 0.25) is 0 Å². The van der Waals surface area contributed by atoms with Gasteiger partial charge in [0.25, 0.3) is 0 Å². The molecular weight excluding hydrogens is 350 g/mol. The van der Waals surface area contributed by atoms with Crippen LogP contribution in [-0.2, 0) is 7.05 Å². The Bertz CT molecular complexity index is 660. The van der Waals surface area contributed by atoms with Gasteiger partial charge in [-0.15, -0.1) is 0 Å². The maximum atomic E-state index is 6.30. The van der Waals surface area contributed by atoms with Crippen molar-refractivity contribution in [2.75, 3.05) is 5.73 Å². The Morgan fingerprint density at radius 1 is 1.29 bits per heavy atom. The second kappa shape index (κ2) is 6.01. The monoisotopic (exact) mass is 367 g/mol. The molecule has 1 aliphatic rings. The Balaban J connectivity index is 2.05. The summed E-state index contributed by atoms with van der Waals surface area (Å²) in [7, 11) is 2.01. The summed E-state index contributed by atoms with van der Waals surface area (Å²) in [6, 6.07) is 5.71. The average molecular weight is 369 g/mol. The molecule has 1 aliphatic carbocycles. The Morgan fingerprint density at radius 3 is 2.71 bits per heavy atom. The van der Waals surface area contributed by atoms with Crippen molar-refractivity contribution in [3.8, 4) is 11.3 Å². The van der Waals surface area contributed by atoms with Crippen LogP contribution in [0.2, 0.25) is 5.02 Å². The lowest BCUT2D eigenvalue weighted by atomic mass is 9.89. The van der Waals surface area contributed by atoms with Gasteiger partial charge in [-0.2, -0.15) is 0 Å². The summed E-state index contributed by atoms with van der Waals surface area (Å²) in [6.45, 7) is 0. The van der Waals surface area contributed by atoms with E-state index in [1.807, 2.05) is 29.8 Å². The highest BCUT2D eigenvalue weighted by atomic mass is 79.9. The molecule has 5 heteroatoms. The van der Waals surface area contributed by atoms with Gasteiger partial charge in [-0.05, 0) is 31.0 Å². The summed E-state index contributed by atoms with van der Waals surface area (Å²) in [5.74, 6) is 2.34. The minimum absolute atomic E-state index is 0.526. The number of anilines is 1. The first-order chi connectivity index (χ1) is 10.1. The lowest BCUT2D eigenvalue weighted by Crippen LogP contribution is -2.11. The van der Waals surface area contributed by atoms with Gasteiger partial charge in [0.1, 0.15) is 17.3 Å². The minimum Gasteiger partial charge on any atom is -0.383 e. The topological polar surface area (TPSA) is 43.8 Å². The predicted octanol–water partition coefficient (Wildman–Crippen LogP) is 5.13. The number of nitrogen functional groups attached to an aromatic ring is 1. The van der Waals surface area contributed by atoms with E-state index >= 15 is 0 Å². The van der Waals surface area contributed by atoms with Gasteiger partial charge in [-0.25, -0.2) is 4.98 Å². The first-order valence-corrected chi connectivity index (χ1v) is 8.52. The summed E-state index contributed by atoms with van der Waals surface area (Å²) >= 11 is 9.69. The van der Waals surface area contributed by atoms with Crippen LogP contribution >= 0.6 is 27.5 Å². The van der Waals surface area contributed by atoms with E-state index in [-0.39, 0.29) is 0 Å². The molecule has 0 amide bonds. The summed E-state index contributed by atoms with van der Waals surface area (Å²) in [6.07, 6.45) is 6.32. The number of nitrogens with two attached hydrogens (primary N) is 1. The molecule has 1 aromatic carbocycles. The standard InChI is InChI=1S/C16H19BrClN3/c1-21-15(19)14(12-9-11(18)7-8-13(12)17)20-16(21)10-5-3-2-4-6-10/h7-10H,2-6,19H2,1H3. The number of nitrogens with zero attached hydrogens (tertiary/aromatic N) is 2. The fraction of sp³-hybridized carbons (Fsp3) is 0.438. The molecule has 3 nitrogen and oxygen atoms in total. The molecule has 21 heavy (non-hydrogen) atoms. The molecule has 0 radical (unpaired) electrons. The lowest BCUT2D eigenvalue weighted by molar-refractivity contribution is 0.422. The highest BCUT2D eigenvalue weighted by Crippen LogP contribution is 2.38. The molecule has 0 atom stereocenters. The summed E-state index contributed by atoms with van der Waals surface area (Å²) in [5.41, 5.74) is 8.08. The van der Waals surface area contributed by atoms with E-state index in [0.717, 1.165) is 21.6 Å². The van der Waals surface area contributed by atoms with Crippen LogP contribution < -0.4 is 5.73 Å². The van der Waals surface area contributed by atoms with E-state index < -0.39 is 0 Å². The molecule has 2 N–H and O–H groups in total. The maximum absolute atomic E-state index is 6.30. The molecule has 1 heterocycles. The van der Waals surface area contributed by atoms with Crippen LogP contribution in [0.1, 0.15) is 43.8 Å². The molecule has 0 unspecified atom stereocenters. The van der Waals surface area contributed by atoms with Crippen molar-refractivity contribution in [2.24, 2.45) is 7.05 Å². The van der Waals surface area contributed by atoms with Crippen LogP contribution in [0.25, 0.3) is 11.3 Å². The fourth-order valence-electron chi connectivity index (χ4n) is 3.13. The van der Waals surface area contributed by atoms with E-state index in [1.165, 1.54) is 32.1 Å². The Labute approximate surface area is 138 Å². The zero-order valence-electron chi connectivity index (χ0n) is 12.1. The highest BCUT2D eigenvalue weighted by molar-refractivity contribution is 9.10. The lowest BCUT2D eigenvalue weighted by Gasteiger charge is -2.21. The van der Waals surface area contributed by atoms with Gasteiger partial charge >= 0.3 is 0 Å². The van der Waals surface area contributed by atoms with Gasteiger partial charge in [0.05, 0.1) is 0 Å². The van der Waals surface area contributed by atoms with Crippen molar-refractivity contribution >= 4 is 33.3 Å². The molecule has 2 aromatic rings. The summed E-state index contributed by atoms with van der Waals surface area (Å²) in [5, 5.41) is 0.692. The van der Waals surface area contributed by atoms with Gasteiger partial charge in [-0.1, -0.05) is 46.8 Å². The van der Waals surface area contributed by atoms with E-state index in [2.05, 4.69) is 15.9 Å². The van der Waals surface area contributed by atoms with E-state index in [0.29, 0.717) is 16.8 Å². The molecule has 1 aromatic heterocycles. The number of imidazole rings is 1. The number of halogens is 2. The molecule has 1 saturated carbocycles. The molecule has 1 fully saturated rings. The summed E-state index contributed by atoms with van der Waals surface area (Å²) in [4.78, 5) is 4.85. The van der Waals surface area contributed by atoms with Gasteiger partial charge < -0.3 is 10.3 Å². The van der Waals surface area contributed by atoms with Crippen molar-refractivity contribution < 1.29 is 0 Å². The quantitative estimate of drug-likeness (QED) is 0.798. The van der Waals surface area contributed by atoms with Crippen molar-refractivity contribution in [1.82, 2.24) is 9.55 Å². The Kier molecular flexibility index (Phi) is 4.27. The maximum Gasteiger partial charge on any atom is 0.131 e. The normalized spacial score (nSPS) is 16.3. The minimum atomic E-state index is 0.526.